The standard InChI is InChI=1S/C12H23ClN2O3S/c1-14(2)12(16)11-5-8-15(9-6-11)19(17,18)10-4-3-7-13/h11H,3-10H2,1-2H3. The van der Waals surface area contributed by atoms with Gasteiger partial charge in [-0.15, -0.1) is 11.6 Å². The van der Waals surface area contributed by atoms with Gasteiger partial charge in [0.2, 0.25) is 15.9 Å². The van der Waals surface area contributed by atoms with Gasteiger partial charge in [0.25, 0.3) is 0 Å². The van der Waals surface area contributed by atoms with Crippen LogP contribution in [-0.2, 0) is 14.8 Å². The van der Waals surface area contributed by atoms with Crippen LogP contribution < -0.4 is 0 Å². The first-order valence-electron chi connectivity index (χ1n) is 6.63. The van der Waals surface area contributed by atoms with Crippen molar-refractivity contribution in [2.24, 2.45) is 5.92 Å². The van der Waals surface area contributed by atoms with Crippen molar-refractivity contribution in [3.8, 4) is 0 Å². The van der Waals surface area contributed by atoms with Gasteiger partial charge >= 0.3 is 0 Å². The molecule has 19 heavy (non-hydrogen) atoms. The van der Waals surface area contributed by atoms with Gasteiger partial charge in [0, 0.05) is 39.0 Å². The second-order valence-electron chi connectivity index (χ2n) is 5.12. The van der Waals surface area contributed by atoms with Gasteiger partial charge in [0.15, 0.2) is 0 Å². The molecule has 5 nitrogen and oxygen atoms in total. The first-order valence-corrected chi connectivity index (χ1v) is 8.78. The fourth-order valence-electron chi connectivity index (χ4n) is 2.25. The molecule has 0 bridgehead atoms. The Hall–Kier alpha value is -0.330. The third kappa shape index (κ3) is 4.93. The zero-order chi connectivity index (χ0) is 14.5. The molecule has 1 heterocycles. The SMILES string of the molecule is CN(C)C(=O)C1CCN(S(=O)(=O)CCCCCl)CC1. The van der Waals surface area contributed by atoms with E-state index in [0.29, 0.717) is 38.2 Å². The molecule has 0 atom stereocenters. The van der Waals surface area contributed by atoms with Gasteiger partial charge in [-0.2, -0.15) is 0 Å². The van der Waals surface area contributed by atoms with E-state index in [1.807, 2.05) is 0 Å². The van der Waals surface area contributed by atoms with Crippen LogP contribution in [0, 0.1) is 5.92 Å². The molecule has 0 aromatic carbocycles. The highest BCUT2D eigenvalue weighted by molar-refractivity contribution is 7.89. The number of hydrogen-bond donors (Lipinski definition) is 0. The van der Waals surface area contributed by atoms with Gasteiger partial charge in [-0.1, -0.05) is 0 Å². The van der Waals surface area contributed by atoms with E-state index in [4.69, 9.17) is 11.6 Å². The molecule has 0 N–H and O–H groups in total. The number of nitrogens with zero attached hydrogens (tertiary/aromatic N) is 2. The number of rotatable bonds is 6. The van der Waals surface area contributed by atoms with Crippen molar-refractivity contribution in [1.29, 1.82) is 0 Å². The second-order valence-corrected chi connectivity index (χ2v) is 7.58. The Morgan fingerprint density at radius 2 is 1.84 bits per heavy atom. The van der Waals surface area contributed by atoms with Crippen LogP contribution in [0.4, 0.5) is 0 Å². The third-order valence-electron chi connectivity index (χ3n) is 3.42. The summed E-state index contributed by atoms with van der Waals surface area (Å²) in [5.74, 6) is 0.712. The van der Waals surface area contributed by atoms with Crippen molar-refractivity contribution in [2.75, 3.05) is 38.8 Å². The third-order valence-corrected chi connectivity index (χ3v) is 5.65. The van der Waals surface area contributed by atoms with E-state index in [9.17, 15) is 13.2 Å². The maximum Gasteiger partial charge on any atom is 0.225 e. The van der Waals surface area contributed by atoms with Crippen LogP contribution in [0.3, 0.4) is 0 Å². The summed E-state index contributed by atoms with van der Waals surface area (Å²) in [6, 6.07) is 0. The average Bonchev–Trinajstić information content (AvgIpc) is 2.38. The summed E-state index contributed by atoms with van der Waals surface area (Å²) >= 11 is 5.55. The quantitative estimate of drug-likeness (QED) is 0.546. The maximum absolute atomic E-state index is 12.1. The van der Waals surface area contributed by atoms with Crippen LogP contribution in [0.5, 0.6) is 0 Å². The van der Waals surface area contributed by atoms with Gasteiger partial charge in [-0.05, 0) is 25.7 Å². The molecule has 0 aromatic rings. The largest absolute Gasteiger partial charge is 0.349 e. The predicted octanol–water partition coefficient (Wildman–Crippen LogP) is 1.14. The van der Waals surface area contributed by atoms with E-state index in [0.717, 1.165) is 6.42 Å². The lowest BCUT2D eigenvalue weighted by atomic mass is 9.97. The number of hydrogen-bond acceptors (Lipinski definition) is 3. The second kappa shape index (κ2) is 7.45. The number of carbonyl (C=O) groups is 1. The van der Waals surface area contributed by atoms with Gasteiger partial charge < -0.3 is 4.90 Å². The van der Waals surface area contributed by atoms with Crippen molar-refractivity contribution in [2.45, 2.75) is 25.7 Å². The van der Waals surface area contributed by atoms with Crippen molar-refractivity contribution < 1.29 is 13.2 Å². The number of unbranched alkanes of at least 4 members (excludes halogenated alkanes) is 1. The number of carbonyl (C=O) groups excluding carboxylic acids is 1. The number of alkyl halides is 1. The van der Waals surface area contributed by atoms with Crippen molar-refractivity contribution >= 4 is 27.5 Å². The normalized spacial score (nSPS) is 18.5. The Morgan fingerprint density at radius 1 is 1.26 bits per heavy atom. The molecule has 1 rings (SSSR count). The molecule has 0 saturated carbocycles. The van der Waals surface area contributed by atoms with Gasteiger partial charge in [0.1, 0.15) is 0 Å². The van der Waals surface area contributed by atoms with E-state index in [1.54, 1.807) is 19.0 Å². The van der Waals surface area contributed by atoms with E-state index in [2.05, 4.69) is 0 Å². The van der Waals surface area contributed by atoms with Crippen LogP contribution in [0.25, 0.3) is 0 Å². The summed E-state index contributed by atoms with van der Waals surface area (Å²) in [6.07, 6.45) is 2.55. The molecule has 0 radical (unpaired) electrons. The number of piperidine rings is 1. The minimum Gasteiger partial charge on any atom is -0.349 e. The predicted molar refractivity (Wildman–Crippen MR) is 76.7 cm³/mol. The lowest BCUT2D eigenvalue weighted by Gasteiger charge is -2.31. The molecule has 1 fully saturated rings. The molecule has 0 aliphatic carbocycles. The van der Waals surface area contributed by atoms with Gasteiger partial charge in [-0.25, -0.2) is 12.7 Å². The van der Waals surface area contributed by atoms with Crippen molar-refractivity contribution in [3.63, 3.8) is 0 Å². The molecule has 112 valence electrons. The summed E-state index contributed by atoms with van der Waals surface area (Å²) in [7, 11) is 0.292. The van der Waals surface area contributed by atoms with Crippen molar-refractivity contribution in [3.05, 3.63) is 0 Å². The van der Waals surface area contributed by atoms with Crippen LogP contribution in [0.1, 0.15) is 25.7 Å². The minimum atomic E-state index is -3.18. The van der Waals surface area contributed by atoms with E-state index in [1.165, 1.54) is 4.31 Å². The van der Waals surface area contributed by atoms with Crippen LogP contribution in [-0.4, -0.2) is 62.3 Å². The highest BCUT2D eigenvalue weighted by atomic mass is 35.5. The molecule has 0 spiro atoms. The zero-order valence-corrected chi connectivity index (χ0v) is 13.2. The van der Waals surface area contributed by atoms with Crippen molar-refractivity contribution in [1.82, 2.24) is 9.21 Å². The molecule has 1 aliphatic rings. The summed E-state index contributed by atoms with van der Waals surface area (Å²) in [5.41, 5.74) is 0. The molecule has 0 unspecified atom stereocenters. The fraction of sp³-hybridized carbons (Fsp3) is 0.917. The highest BCUT2D eigenvalue weighted by Gasteiger charge is 2.31. The molecule has 0 aromatic heterocycles. The Balaban J connectivity index is 2.47. The highest BCUT2D eigenvalue weighted by Crippen LogP contribution is 2.21. The first kappa shape index (κ1) is 16.7. The monoisotopic (exact) mass is 310 g/mol. The summed E-state index contributed by atoms with van der Waals surface area (Å²) in [4.78, 5) is 13.4. The number of sulfonamides is 1. The summed E-state index contributed by atoms with van der Waals surface area (Å²) in [5, 5.41) is 0. The Labute approximate surface area is 120 Å². The Kier molecular flexibility index (Phi) is 6.56. The average molecular weight is 311 g/mol. The van der Waals surface area contributed by atoms with Crippen LogP contribution in [0.2, 0.25) is 0 Å². The first-order chi connectivity index (χ1) is 8.88. The molecule has 1 saturated heterocycles. The summed E-state index contributed by atoms with van der Waals surface area (Å²) < 4.78 is 25.6. The smallest absolute Gasteiger partial charge is 0.225 e. The minimum absolute atomic E-state index is 0.0377. The van der Waals surface area contributed by atoms with E-state index in [-0.39, 0.29) is 17.6 Å². The molecule has 1 aliphatic heterocycles. The van der Waals surface area contributed by atoms with E-state index < -0.39 is 10.0 Å². The molecule has 1 amide bonds. The maximum atomic E-state index is 12.1. The Bertz CT molecular complexity index is 390. The molecular weight excluding hydrogens is 288 g/mol. The lowest BCUT2D eigenvalue weighted by Crippen LogP contribution is -2.43. The van der Waals surface area contributed by atoms with Crippen LogP contribution in [0.15, 0.2) is 0 Å². The van der Waals surface area contributed by atoms with Gasteiger partial charge in [-0.3, -0.25) is 4.79 Å². The summed E-state index contributed by atoms with van der Waals surface area (Å²) in [6.45, 7) is 0.904. The number of halogens is 1. The number of amides is 1. The van der Waals surface area contributed by atoms with E-state index >= 15 is 0 Å². The topological polar surface area (TPSA) is 57.7 Å². The molecule has 7 heteroatoms. The fourth-order valence-corrected chi connectivity index (χ4v) is 4.04. The van der Waals surface area contributed by atoms with Gasteiger partial charge in [0.05, 0.1) is 5.75 Å². The van der Waals surface area contributed by atoms with Crippen LogP contribution >= 0.6 is 11.6 Å². The molecular formula is C12H23ClN2O3S. The zero-order valence-electron chi connectivity index (χ0n) is 11.6. The lowest BCUT2D eigenvalue weighted by molar-refractivity contribution is -0.134. The Morgan fingerprint density at radius 3 is 2.32 bits per heavy atom.